The first kappa shape index (κ1) is 28.2. The summed E-state index contributed by atoms with van der Waals surface area (Å²) in [6, 6.07) is 14.2. The quantitative estimate of drug-likeness (QED) is 0.245. The van der Waals surface area contributed by atoms with E-state index in [0.717, 1.165) is 40.7 Å². The lowest BCUT2D eigenvalue weighted by molar-refractivity contribution is 0.388. The number of fused-ring (bicyclic) bond motifs is 2. The molecule has 0 spiro atoms. The van der Waals surface area contributed by atoms with Crippen molar-refractivity contribution in [2.24, 2.45) is 0 Å². The normalized spacial score (nSPS) is 18.8. The van der Waals surface area contributed by atoms with Gasteiger partial charge in [-0.05, 0) is 62.4 Å². The molecule has 42 heavy (non-hydrogen) atoms. The molecule has 6 rings (SSSR count). The molecule has 1 unspecified atom stereocenters. The standard InChI is InChI=1S/C34H38N4O3S/c1-22(2)25-13-12-24(4)31(19-25)37-17-15-29-28(21-37)33(41-6)36-32(35-29)27-10-7-11-30-26(27)14-18-38(30)42(39,40)34(5)16-8-9-23(3)20-34/h7-14,16,18-19,22H,15,17,20-21H2,1-6H3. The van der Waals surface area contributed by atoms with Gasteiger partial charge in [0.05, 0.1) is 30.4 Å². The first-order valence-corrected chi connectivity index (χ1v) is 16.0. The number of nitrogens with zero attached hydrogens (tertiary/aromatic N) is 4. The summed E-state index contributed by atoms with van der Waals surface area (Å²) >= 11 is 0. The van der Waals surface area contributed by atoms with E-state index in [2.05, 4.69) is 43.9 Å². The SMILES string of the molecule is COc1nc(-c2cccc3c2ccn3S(=O)(=O)C2(C)C=CC=C(C)C2)nc2c1CN(c1cc(C(C)C)ccc1C)CC2. The molecule has 0 bridgehead atoms. The zero-order chi connectivity index (χ0) is 29.8. The molecule has 0 fully saturated rings. The van der Waals surface area contributed by atoms with Crippen LogP contribution in [-0.4, -0.2) is 40.8 Å². The van der Waals surface area contributed by atoms with E-state index >= 15 is 0 Å². The molecule has 1 atom stereocenters. The third-order valence-electron chi connectivity index (χ3n) is 8.70. The summed E-state index contributed by atoms with van der Waals surface area (Å²) in [5, 5.41) is 0.789. The van der Waals surface area contributed by atoms with Crippen molar-refractivity contribution in [2.45, 2.75) is 64.7 Å². The first-order valence-electron chi connectivity index (χ1n) is 14.5. The first-order chi connectivity index (χ1) is 20.0. The molecule has 0 saturated heterocycles. The second-order valence-electron chi connectivity index (χ2n) is 12.1. The summed E-state index contributed by atoms with van der Waals surface area (Å²) in [5.41, 5.74) is 8.20. The fraction of sp³-hybridized carbons (Fsp3) is 0.353. The molecule has 1 aliphatic carbocycles. The van der Waals surface area contributed by atoms with E-state index in [1.165, 1.54) is 20.8 Å². The highest BCUT2D eigenvalue weighted by Gasteiger charge is 2.40. The molecule has 7 nitrogen and oxygen atoms in total. The molecule has 4 aromatic rings. The number of methoxy groups -OCH3 is 1. The molecule has 2 aromatic heterocycles. The van der Waals surface area contributed by atoms with Gasteiger partial charge in [-0.3, -0.25) is 0 Å². The average molecular weight is 583 g/mol. The van der Waals surface area contributed by atoms with Crippen molar-refractivity contribution in [2.75, 3.05) is 18.6 Å². The van der Waals surface area contributed by atoms with Crippen molar-refractivity contribution in [1.29, 1.82) is 0 Å². The Balaban J connectivity index is 1.39. The van der Waals surface area contributed by atoms with Crippen LogP contribution in [0.25, 0.3) is 22.3 Å². The Labute approximate surface area is 248 Å². The Hall–Kier alpha value is -3.91. The monoisotopic (exact) mass is 582 g/mol. The third kappa shape index (κ3) is 4.62. The van der Waals surface area contributed by atoms with Crippen LogP contribution in [0.5, 0.6) is 5.88 Å². The molecule has 0 saturated carbocycles. The van der Waals surface area contributed by atoms with Crippen LogP contribution in [0.3, 0.4) is 0 Å². The van der Waals surface area contributed by atoms with Crippen molar-refractivity contribution in [3.05, 3.63) is 94.8 Å². The van der Waals surface area contributed by atoms with E-state index in [0.29, 0.717) is 36.1 Å². The van der Waals surface area contributed by atoms with Gasteiger partial charge >= 0.3 is 0 Å². The van der Waals surface area contributed by atoms with Gasteiger partial charge in [-0.25, -0.2) is 17.4 Å². The molecule has 1 aliphatic heterocycles. The number of aromatic nitrogens is 3. The zero-order valence-electron chi connectivity index (χ0n) is 25.2. The number of benzene rings is 2. The molecule has 0 radical (unpaired) electrons. The fourth-order valence-corrected chi connectivity index (χ4v) is 7.99. The Kier molecular flexibility index (Phi) is 7.00. The number of allylic oxidation sites excluding steroid dienone is 3. The minimum Gasteiger partial charge on any atom is -0.481 e. The zero-order valence-corrected chi connectivity index (χ0v) is 26.0. The Morgan fingerprint density at radius 2 is 1.88 bits per heavy atom. The molecular weight excluding hydrogens is 544 g/mol. The maximum Gasteiger partial charge on any atom is 0.248 e. The van der Waals surface area contributed by atoms with E-state index in [-0.39, 0.29) is 0 Å². The van der Waals surface area contributed by atoms with Gasteiger partial charge in [-0.1, -0.05) is 61.9 Å². The van der Waals surface area contributed by atoms with Crippen LogP contribution < -0.4 is 9.64 Å². The number of hydrogen-bond acceptors (Lipinski definition) is 6. The van der Waals surface area contributed by atoms with E-state index in [9.17, 15) is 8.42 Å². The van der Waals surface area contributed by atoms with Gasteiger partial charge in [-0.15, -0.1) is 0 Å². The second-order valence-corrected chi connectivity index (χ2v) is 14.3. The van der Waals surface area contributed by atoms with Gasteiger partial charge in [0, 0.05) is 35.8 Å². The third-order valence-corrected chi connectivity index (χ3v) is 11.0. The van der Waals surface area contributed by atoms with Gasteiger partial charge in [-0.2, -0.15) is 4.98 Å². The van der Waals surface area contributed by atoms with E-state index in [1.807, 2.05) is 43.3 Å². The van der Waals surface area contributed by atoms with E-state index < -0.39 is 14.8 Å². The highest BCUT2D eigenvalue weighted by molar-refractivity contribution is 7.91. The van der Waals surface area contributed by atoms with Crippen LogP contribution in [0.4, 0.5) is 5.69 Å². The summed E-state index contributed by atoms with van der Waals surface area (Å²) in [6.07, 6.45) is 8.45. The fourth-order valence-electron chi connectivity index (χ4n) is 6.24. The van der Waals surface area contributed by atoms with Crippen LogP contribution in [0.2, 0.25) is 0 Å². The summed E-state index contributed by atoms with van der Waals surface area (Å²) in [6.45, 7) is 11.8. The minimum absolute atomic E-state index is 0.453. The molecule has 2 aromatic carbocycles. The van der Waals surface area contributed by atoms with Crippen molar-refractivity contribution >= 4 is 26.6 Å². The molecule has 0 amide bonds. The van der Waals surface area contributed by atoms with Crippen molar-refractivity contribution in [1.82, 2.24) is 13.9 Å². The van der Waals surface area contributed by atoms with Crippen molar-refractivity contribution in [3.8, 4) is 17.3 Å². The molecule has 3 heterocycles. The number of hydrogen-bond donors (Lipinski definition) is 0. The number of ether oxygens (including phenoxy) is 1. The predicted octanol–water partition coefficient (Wildman–Crippen LogP) is 6.94. The Bertz CT molecular complexity index is 1850. The second kappa shape index (κ2) is 10.4. The smallest absolute Gasteiger partial charge is 0.248 e. The minimum atomic E-state index is -3.73. The van der Waals surface area contributed by atoms with Crippen LogP contribution in [0.1, 0.15) is 62.4 Å². The lowest BCUT2D eigenvalue weighted by Crippen LogP contribution is -2.38. The molecule has 0 N–H and O–H groups in total. The van der Waals surface area contributed by atoms with Crippen LogP contribution in [-0.2, 0) is 23.0 Å². The predicted molar refractivity (Wildman–Crippen MR) is 170 cm³/mol. The largest absolute Gasteiger partial charge is 0.481 e. The van der Waals surface area contributed by atoms with Gasteiger partial charge in [0.15, 0.2) is 5.82 Å². The summed E-state index contributed by atoms with van der Waals surface area (Å²) in [5.74, 6) is 1.56. The molecule has 2 aliphatic rings. The van der Waals surface area contributed by atoms with Gasteiger partial charge in [0.2, 0.25) is 15.9 Å². The summed E-state index contributed by atoms with van der Waals surface area (Å²) in [4.78, 5) is 12.3. The Morgan fingerprint density at radius 3 is 2.62 bits per heavy atom. The van der Waals surface area contributed by atoms with Crippen LogP contribution in [0, 0.1) is 6.92 Å². The number of anilines is 1. The highest BCUT2D eigenvalue weighted by Crippen LogP contribution is 2.38. The highest BCUT2D eigenvalue weighted by atomic mass is 32.2. The van der Waals surface area contributed by atoms with Gasteiger partial charge < -0.3 is 9.64 Å². The molecule has 8 heteroatoms. The summed E-state index contributed by atoms with van der Waals surface area (Å²) < 4.78 is 34.1. The maximum atomic E-state index is 13.9. The van der Waals surface area contributed by atoms with E-state index in [4.69, 9.17) is 14.7 Å². The average Bonchev–Trinajstić information content (AvgIpc) is 3.41. The Morgan fingerprint density at radius 1 is 1.07 bits per heavy atom. The van der Waals surface area contributed by atoms with Crippen LogP contribution in [0.15, 0.2) is 72.5 Å². The number of aryl methyl sites for hydroxylation is 1. The summed E-state index contributed by atoms with van der Waals surface area (Å²) in [7, 11) is -2.08. The maximum absolute atomic E-state index is 13.9. The molecule has 218 valence electrons. The van der Waals surface area contributed by atoms with Crippen molar-refractivity contribution < 1.29 is 13.2 Å². The number of rotatable bonds is 6. The van der Waals surface area contributed by atoms with Crippen molar-refractivity contribution in [3.63, 3.8) is 0 Å². The van der Waals surface area contributed by atoms with E-state index in [1.54, 1.807) is 26.3 Å². The lowest BCUT2D eigenvalue weighted by Gasteiger charge is -2.32. The van der Waals surface area contributed by atoms with Crippen LogP contribution >= 0.6 is 0 Å². The molecular formula is C34H38N4O3S. The van der Waals surface area contributed by atoms with Gasteiger partial charge in [0.1, 0.15) is 4.75 Å². The lowest BCUT2D eigenvalue weighted by atomic mass is 9.96. The topological polar surface area (TPSA) is 77.3 Å². The van der Waals surface area contributed by atoms with Gasteiger partial charge in [0.25, 0.3) is 0 Å².